The van der Waals surface area contributed by atoms with Crippen LogP contribution in [0.3, 0.4) is 0 Å². The van der Waals surface area contributed by atoms with Crippen molar-refractivity contribution < 1.29 is 4.21 Å². The molecule has 0 fully saturated rings. The highest BCUT2D eigenvalue weighted by Crippen LogP contribution is 2.45. The first-order valence-corrected chi connectivity index (χ1v) is 8.83. The van der Waals surface area contributed by atoms with Gasteiger partial charge < -0.3 is 0 Å². The Bertz CT molecular complexity index is 902. The van der Waals surface area contributed by atoms with Gasteiger partial charge in [0, 0.05) is 20.1 Å². The number of rotatable bonds is 0. The summed E-state index contributed by atoms with van der Waals surface area (Å²) in [6, 6.07) is 16.2. The van der Waals surface area contributed by atoms with Crippen LogP contribution in [0.4, 0.5) is 0 Å². The Morgan fingerprint density at radius 2 is 1.50 bits per heavy atom. The van der Waals surface area contributed by atoms with Gasteiger partial charge in [-0.2, -0.15) is 0 Å². The first-order valence-electron chi connectivity index (χ1n) is 6.09. The molecule has 0 bridgehead atoms. The maximum Gasteiger partial charge on any atom is 0.0862 e. The molecule has 3 aromatic carbocycles. The molecule has 0 aliphatic carbocycles. The molecule has 0 aromatic heterocycles. The Morgan fingerprint density at radius 3 is 2.35 bits per heavy atom. The number of halogens is 2. The largest absolute Gasteiger partial charge is 0.249 e. The van der Waals surface area contributed by atoms with Gasteiger partial charge in [-0.15, -0.1) is 0 Å². The van der Waals surface area contributed by atoms with Crippen LogP contribution in [0.5, 0.6) is 0 Å². The molecule has 1 heterocycles. The van der Waals surface area contributed by atoms with E-state index < -0.39 is 10.8 Å². The van der Waals surface area contributed by atoms with E-state index in [4.69, 9.17) is 0 Å². The molecular formula is C16H8Br2OS. The van der Waals surface area contributed by atoms with Crippen LogP contribution in [-0.4, -0.2) is 4.21 Å². The third-order valence-electron chi connectivity index (χ3n) is 3.55. The zero-order chi connectivity index (χ0) is 13.9. The second kappa shape index (κ2) is 4.52. The SMILES string of the molecule is O=S1c2ccc(Br)cc2-c2c1ccc1cc(Br)ccc21. The van der Waals surface area contributed by atoms with Crippen molar-refractivity contribution in [3.8, 4) is 11.1 Å². The molecular weight excluding hydrogens is 400 g/mol. The highest BCUT2D eigenvalue weighted by Gasteiger charge is 2.27. The van der Waals surface area contributed by atoms with E-state index >= 15 is 0 Å². The van der Waals surface area contributed by atoms with E-state index in [0.717, 1.165) is 40.6 Å². The molecule has 4 heteroatoms. The van der Waals surface area contributed by atoms with Crippen LogP contribution in [-0.2, 0) is 10.8 Å². The lowest BCUT2D eigenvalue weighted by atomic mass is 9.98. The predicted octanol–water partition coefficient (Wildman–Crippen LogP) is 5.51. The van der Waals surface area contributed by atoms with E-state index in [1.165, 1.54) is 0 Å². The molecule has 4 rings (SSSR count). The van der Waals surface area contributed by atoms with Crippen molar-refractivity contribution in [1.29, 1.82) is 0 Å². The van der Waals surface area contributed by atoms with Crippen LogP contribution in [0, 0.1) is 0 Å². The first kappa shape index (κ1) is 12.7. The number of hydrogen-bond acceptors (Lipinski definition) is 1. The third kappa shape index (κ3) is 1.75. The summed E-state index contributed by atoms with van der Waals surface area (Å²) in [6.07, 6.45) is 0. The summed E-state index contributed by atoms with van der Waals surface area (Å²) in [5, 5.41) is 2.30. The van der Waals surface area contributed by atoms with Crippen molar-refractivity contribution in [3.63, 3.8) is 0 Å². The Balaban J connectivity index is 2.17. The molecule has 3 aromatic rings. The lowest BCUT2D eigenvalue weighted by Crippen LogP contribution is -1.85. The second-order valence-corrected chi connectivity index (χ2v) is 7.96. The minimum Gasteiger partial charge on any atom is -0.249 e. The highest BCUT2D eigenvalue weighted by atomic mass is 79.9. The van der Waals surface area contributed by atoms with Crippen molar-refractivity contribution in [3.05, 3.63) is 57.5 Å². The first-order chi connectivity index (χ1) is 9.65. The molecule has 0 N–H and O–H groups in total. The van der Waals surface area contributed by atoms with E-state index in [0.29, 0.717) is 0 Å². The highest BCUT2D eigenvalue weighted by molar-refractivity contribution is 9.10. The van der Waals surface area contributed by atoms with Gasteiger partial charge in [0.15, 0.2) is 0 Å². The second-order valence-electron chi connectivity index (χ2n) is 4.71. The standard InChI is InChI=1S/C16H8Br2OS/c17-10-2-4-12-9(7-10)1-5-15-16(12)13-8-11(18)3-6-14(13)20(15)19/h1-8H. The fourth-order valence-electron chi connectivity index (χ4n) is 2.69. The van der Waals surface area contributed by atoms with E-state index in [-0.39, 0.29) is 0 Å². The zero-order valence-corrected chi connectivity index (χ0v) is 14.2. The van der Waals surface area contributed by atoms with Crippen molar-refractivity contribution in [1.82, 2.24) is 0 Å². The number of benzene rings is 3. The van der Waals surface area contributed by atoms with Crippen LogP contribution in [0.25, 0.3) is 21.9 Å². The molecule has 98 valence electrons. The van der Waals surface area contributed by atoms with Crippen LogP contribution >= 0.6 is 31.9 Å². The Morgan fingerprint density at radius 1 is 0.800 bits per heavy atom. The van der Waals surface area contributed by atoms with Crippen molar-refractivity contribution in [2.45, 2.75) is 9.79 Å². The molecule has 0 spiro atoms. The number of hydrogen-bond donors (Lipinski definition) is 0. The molecule has 1 aliphatic rings. The normalized spacial score (nSPS) is 16.2. The predicted molar refractivity (Wildman–Crippen MR) is 89.5 cm³/mol. The van der Waals surface area contributed by atoms with Gasteiger partial charge in [-0.1, -0.05) is 44.0 Å². The summed E-state index contributed by atoms with van der Waals surface area (Å²) in [4.78, 5) is 1.81. The molecule has 0 amide bonds. The Hall–Kier alpha value is -0.970. The fourth-order valence-corrected chi connectivity index (χ4v) is 4.82. The summed E-state index contributed by atoms with van der Waals surface area (Å²) in [7, 11) is -1.07. The summed E-state index contributed by atoms with van der Waals surface area (Å²) >= 11 is 7.01. The summed E-state index contributed by atoms with van der Waals surface area (Å²) in [5.41, 5.74) is 2.17. The molecule has 0 saturated carbocycles. The van der Waals surface area contributed by atoms with E-state index in [2.05, 4.69) is 50.1 Å². The zero-order valence-electron chi connectivity index (χ0n) is 10.2. The van der Waals surface area contributed by atoms with Crippen molar-refractivity contribution in [2.75, 3.05) is 0 Å². The lowest BCUT2D eigenvalue weighted by molar-refractivity contribution is 0.685. The van der Waals surface area contributed by atoms with Gasteiger partial charge in [0.05, 0.1) is 20.6 Å². The van der Waals surface area contributed by atoms with Gasteiger partial charge in [0.2, 0.25) is 0 Å². The summed E-state index contributed by atoms with van der Waals surface area (Å²) in [6.45, 7) is 0. The molecule has 20 heavy (non-hydrogen) atoms. The van der Waals surface area contributed by atoms with Gasteiger partial charge in [-0.05, 0) is 47.2 Å². The van der Waals surface area contributed by atoms with Crippen LogP contribution in [0.2, 0.25) is 0 Å². The molecule has 1 atom stereocenters. The minimum absolute atomic E-state index is 0.901. The third-order valence-corrected chi connectivity index (χ3v) is 6.04. The average molecular weight is 408 g/mol. The minimum atomic E-state index is -1.07. The molecule has 1 aliphatic heterocycles. The van der Waals surface area contributed by atoms with E-state index in [1.807, 2.05) is 30.3 Å². The molecule has 0 radical (unpaired) electrons. The fraction of sp³-hybridized carbons (Fsp3) is 0. The van der Waals surface area contributed by atoms with Gasteiger partial charge in [-0.3, -0.25) is 0 Å². The monoisotopic (exact) mass is 406 g/mol. The number of fused-ring (bicyclic) bond motifs is 5. The van der Waals surface area contributed by atoms with Gasteiger partial charge in [-0.25, -0.2) is 4.21 Å². The average Bonchev–Trinajstić information content (AvgIpc) is 2.71. The summed E-state index contributed by atoms with van der Waals surface area (Å²) in [5.74, 6) is 0. The van der Waals surface area contributed by atoms with E-state index in [9.17, 15) is 4.21 Å². The van der Waals surface area contributed by atoms with Gasteiger partial charge >= 0.3 is 0 Å². The maximum atomic E-state index is 12.6. The van der Waals surface area contributed by atoms with E-state index in [1.54, 1.807) is 0 Å². The van der Waals surface area contributed by atoms with Crippen LogP contribution in [0.15, 0.2) is 67.3 Å². The quantitative estimate of drug-likeness (QED) is 0.375. The maximum absolute atomic E-state index is 12.6. The van der Waals surface area contributed by atoms with Crippen LogP contribution in [0.1, 0.15) is 0 Å². The van der Waals surface area contributed by atoms with Crippen LogP contribution < -0.4 is 0 Å². The lowest BCUT2D eigenvalue weighted by Gasteiger charge is -2.06. The molecule has 1 unspecified atom stereocenters. The smallest absolute Gasteiger partial charge is 0.0862 e. The molecule has 1 nitrogen and oxygen atoms in total. The topological polar surface area (TPSA) is 17.1 Å². The van der Waals surface area contributed by atoms with Crippen molar-refractivity contribution >= 4 is 53.4 Å². The summed E-state index contributed by atoms with van der Waals surface area (Å²) < 4.78 is 14.7. The Kier molecular flexibility index (Phi) is 2.88. The van der Waals surface area contributed by atoms with Crippen molar-refractivity contribution in [2.24, 2.45) is 0 Å². The van der Waals surface area contributed by atoms with Gasteiger partial charge in [0.1, 0.15) is 0 Å². The van der Waals surface area contributed by atoms with Gasteiger partial charge in [0.25, 0.3) is 0 Å². The molecule has 0 saturated heterocycles. The Labute approximate surface area is 135 Å².